The molecule has 6 nitrogen and oxygen atoms in total. The molecule has 31 heavy (non-hydrogen) atoms. The van der Waals surface area contributed by atoms with E-state index >= 15 is 0 Å². The fraction of sp³-hybridized carbons (Fsp3) is 0.320. The van der Waals surface area contributed by atoms with Gasteiger partial charge in [-0.2, -0.15) is 0 Å². The zero-order chi connectivity index (χ0) is 21.6. The predicted octanol–water partition coefficient (Wildman–Crippen LogP) is 4.37. The Bertz CT molecular complexity index is 1140. The number of nitrogens with zero attached hydrogens (tertiary/aromatic N) is 2. The van der Waals surface area contributed by atoms with Gasteiger partial charge in [0, 0.05) is 24.9 Å². The second-order valence-electron chi connectivity index (χ2n) is 7.92. The molecule has 4 rings (SSSR count). The Morgan fingerprint density at radius 2 is 1.84 bits per heavy atom. The highest BCUT2D eigenvalue weighted by molar-refractivity contribution is 5.87. The van der Waals surface area contributed by atoms with Crippen LogP contribution in [0.4, 0.5) is 5.69 Å². The van der Waals surface area contributed by atoms with Gasteiger partial charge in [0.25, 0.3) is 5.56 Å². The molecule has 0 spiro atoms. The van der Waals surface area contributed by atoms with Gasteiger partial charge in [0.05, 0.1) is 10.9 Å². The van der Waals surface area contributed by atoms with Gasteiger partial charge >= 0.3 is 5.97 Å². The van der Waals surface area contributed by atoms with Crippen LogP contribution < -0.4 is 10.5 Å². The van der Waals surface area contributed by atoms with Crippen molar-refractivity contribution in [3.8, 4) is 0 Å². The summed E-state index contributed by atoms with van der Waals surface area (Å²) in [5.74, 6) is -0.153. The van der Waals surface area contributed by atoms with Crippen molar-refractivity contribution < 1.29 is 9.53 Å². The predicted molar refractivity (Wildman–Crippen MR) is 123 cm³/mol. The van der Waals surface area contributed by atoms with Gasteiger partial charge in [-0.25, -0.2) is 9.78 Å². The van der Waals surface area contributed by atoms with E-state index in [4.69, 9.17) is 4.74 Å². The van der Waals surface area contributed by atoms with Crippen LogP contribution >= 0.6 is 0 Å². The number of benzene rings is 2. The maximum absolute atomic E-state index is 12.2. The minimum absolute atomic E-state index is 0.0867. The maximum Gasteiger partial charge on any atom is 0.331 e. The first-order valence-corrected chi connectivity index (χ1v) is 10.8. The first-order valence-electron chi connectivity index (χ1n) is 10.8. The van der Waals surface area contributed by atoms with E-state index in [1.165, 1.54) is 37.4 Å². The average molecular weight is 418 g/mol. The Labute approximate surface area is 181 Å². The van der Waals surface area contributed by atoms with Gasteiger partial charge in [0.15, 0.2) is 0 Å². The van der Waals surface area contributed by atoms with Crippen LogP contribution in [0.5, 0.6) is 0 Å². The third kappa shape index (κ3) is 5.20. The monoisotopic (exact) mass is 417 g/mol. The molecule has 1 saturated heterocycles. The molecule has 0 saturated carbocycles. The Balaban J connectivity index is 1.36. The number of anilines is 1. The number of esters is 1. The molecule has 1 aromatic heterocycles. The minimum atomic E-state index is -0.482. The number of rotatable bonds is 5. The molecule has 1 aliphatic heterocycles. The Morgan fingerprint density at radius 1 is 1.10 bits per heavy atom. The van der Waals surface area contributed by atoms with Gasteiger partial charge in [-0.15, -0.1) is 0 Å². The molecule has 3 aromatic rings. The van der Waals surface area contributed by atoms with Gasteiger partial charge in [0.1, 0.15) is 12.4 Å². The number of aromatic amines is 1. The molecular weight excluding hydrogens is 390 g/mol. The van der Waals surface area contributed by atoms with Crippen molar-refractivity contribution in [2.45, 2.75) is 39.2 Å². The Hall–Kier alpha value is -3.41. The zero-order valence-electron chi connectivity index (χ0n) is 17.8. The molecule has 1 aliphatic rings. The molecule has 2 aromatic carbocycles. The largest absolute Gasteiger partial charge is 0.454 e. The van der Waals surface area contributed by atoms with Crippen LogP contribution in [0, 0.1) is 6.92 Å². The Kier molecular flexibility index (Phi) is 6.46. The van der Waals surface area contributed by atoms with E-state index in [1.807, 2.05) is 31.2 Å². The molecule has 1 N–H and O–H groups in total. The van der Waals surface area contributed by atoms with Crippen molar-refractivity contribution in [3.05, 3.63) is 75.8 Å². The average Bonchev–Trinajstić information content (AvgIpc) is 3.07. The van der Waals surface area contributed by atoms with Gasteiger partial charge in [0.2, 0.25) is 0 Å². The molecule has 0 atom stereocenters. The van der Waals surface area contributed by atoms with Crippen LogP contribution in [-0.2, 0) is 16.1 Å². The van der Waals surface area contributed by atoms with E-state index in [-0.39, 0.29) is 12.2 Å². The molecule has 0 bridgehead atoms. The van der Waals surface area contributed by atoms with Crippen molar-refractivity contribution in [3.63, 3.8) is 0 Å². The second kappa shape index (κ2) is 9.60. The van der Waals surface area contributed by atoms with Crippen molar-refractivity contribution >= 4 is 28.6 Å². The molecule has 0 unspecified atom stereocenters. The van der Waals surface area contributed by atoms with E-state index < -0.39 is 5.97 Å². The standard InChI is InChI=1S/C25H27N3O3/c1-18-7-6-8-21-24(18)26-22(27-25(21)30)17-31-23(29)14-11-19-9-12-20(13-10-19)28-15-4-2-3-5-16-28/h6-14H,2-5,15-17H2,1H3,(H,26,27,30)/b14-11+. The van der Waals surface area contributed by atoms with Gasteiger partial charge in [-0.1, -0.05) is 37.1 Å². The fourth-order valence-corrected chi connectivity index (χ4v) is 3.90. The van der Waals surface area contributed by atoms with Crippen molar-refractivity contribution in [1.29, 1.82) is 0 Å². The fourth-order valence-electron chi connectivity index (χ4n) is 3.90. The third-order valence-corrected chi connectivity index (χ3v) is 5.61. The highest BCUT2D eigenvalue weighted by atomic mass is 16.5. The maximum atomic E-state index is 12.2. The number of hydrogen-bond acceptors (Lipinski definition) is 5. The van der Waals surface area contributed by atoms with E-state index in [9.17, 15) is 9.59 Å². The summed E-state index contributed by atoms with van der Waals surface area (Å²) in [5, 5.41) is 0.526. The number of para-hydroxylation sites is 1. The summed E-state index contributed by atoms with van der Waals surface area (Å²) in [5.41, 5.74) is 3.45. The third-order valence-electron chi connectivity index (χ3n) is 5.61. The van der Waals surface area contributed by atoms with E-state index in [2.05, 4.69) is 27.0 Å². The molecular formula is C25H27N3O3. The Morgan fingerprint density at radius 3 is 2.58 bits per heavy atom. The highest BCUT2D eigenvalue weighted by Crippen LogP contribution is 2.20. The van der Waals surface area contributed by atoms with Crippen LogP contribution in [0.2, 0.25) is 0 Å². The molecule has 160 valence electrons. The van der Waals surface area contributed by atoms with Crippen LogP contribution in [0.25, 0.3) is 17.0 Å². The lowest BCUT2D eigenvalue weighted by Crippen LogP contribution is -2.23. The van der Waals surface area contributed by atoms with Crippen molar-refractivity contribution in [2.75, 3.05) is 18.0 Å². The first-order chi connectivity index (χ1) is 15.1. The number of carbonyl (C=O) groups is 1. The summed E-state index contributed by atoms with van der Waals surface area (Å²) in [6, 6.07) is 13.7. The van der Waals surface area contributed by atoms with Gasteiger partial charge in [-0.3, -0.25) is 4.79 Å². The number of fused-ring (bicyclic) bond motifs is 1. The summed E-state index contributed by atoms with van der Waals surface area (Å²) < 4.78 is 5.26. The van der Waals surface area contributed by atoms with E-state index in [0.717, 1.165) is 24.2 Å². The molecule has 0 amide bonds. The molecule has 0 aliphatic carbocycles. The summed E-state index contributed by atoms with van der Waals surface area (Å²) in [6.07, 6.45) is 8.22. The van der Waals surface area contributed by atoms with E-state index in [1.54, 1.807) is 12.1 Å². The SMILES string of the molecule is Cc1cccc2c(=O)[nH]c(COC(=O)/C=C/c3ccc(N4CCCCCC4)cc3)nc12. The number of carbonyl (C=O) groups excluding carboxylic acids is 1. The van der Waals surface area contributed by atoms with Crippen molar-refractivity contribution in [2.24, 2.45) is 0 Å². The highest BCUT2D eigenvalue weighted by Gasteiger charge is 2.10. The van der Waals surface area contributed by atoms with Crippen LogP contribution in [0.15, 0.2) is 53.3 Å². The topological polar surface area (TPSA) is 75.3 Å². The molecule has 0 radical (unpaired) electrons. The summed E-state index contributed by atoms with van der Waals surface area (Å²) in [6.45, 7) is 4.01. The van der Waals surface area contributed by atoms with Crippen LogP contribution in [0.3, 0.4) is 0 Å². The van der Waals surface area contributed by atoms with Crippen molar-refractivity contribution in [1.82, 2.24) is 9.97 Å². The first kappa shape index (κ1) is 20.8. The number of aryl methyl sites for hydroxylation is 1. The van der Waals surface area contributed by atoms with Crippen LogP contribution in [-0.4, -0.2) is 29.0 Å². The molecule has 2 heterocycles. The lowest BCUT2D eigenvalue weighted by Gasteiger charge is -2.22. The van der Waals surface area contributed by atoms with Gasteiger partial charge < -0.3 is 14.6 Å². The second-order valence-corrected chi connectivity index (χ2v) is 7.92. The smallest absolute Gasteiger partial charge is 0.331 e. The van der Waals surface area contributed by atoms with Crippen LogP contribution in [0.1, 0.15) is 42.6 Å². The summed E-state index contributed by atoms with van der Waals surface area (Å²) >= 11 is 0. The molecule has 1 fully saturated rings. The lowest BCUT2D eigenvalue weighted by atomic mass is 10.1. The van der Waals surface area contributed by atoms with Gasteiger partial charge in [-0.05, 0) is 55.2 Å². The zero-order valence-corrected chi connectivity index (χ0v) is 17.8. The number of H-pyrrole nitrogens is 1. The minimum Gasteiger partial charge on any atom is -0.454 e. The quantitative estimate of drug-likeness (QED) is 0.493. The summed E-state index contributed by atoms with van der Waals surface area (Å²) in [7, 11) is 0. The van der Waals surface area contributed by atoms with E-state index in [0.29, 0.717) is 16.7 Å². The normalized spacial score (nSPS) is 14.7. The summed E-state index contributed by atoms with van der Waals surface area (Å²) in [4.78, 5) is 33.9. The molecule has 6 heteroatoms. The lowest BCUT2D eigenvalue weighted by molar-refractivity contribution is -0.139. The number of aromatic nitrogens is 2. The number of ether oxygens (including phenoxy) is 1. The number of hydrogen-bond donors (Lipinski definition) is 1. The number of nitrogens with one attached hydrogen (secondary N) is 1.